The molecule has 0 unspecified atom stereocenters. The van der Waals surface area contributed by atoms with Crippen LogP contribution in [0.4, 0.5) is 0 Å². The second-order valence-electron chi connectivity index (χ2n) is 5.76. The standard InChI is InChI=1S/C16H19N3O4/c1-11(20)18-6-3-7-19(9-8-18)15(21)12-4-5-13-14(10-12)23-16(22)17(13)2/h4-5,10H,3,6-9H2,1-2H3. The number of hydrogen-bond acceptors (Lipinski definition) is 4. The SMILES string of the molecule is CC(=O)N1CCCN(C(=O)c2ccc3c(c2)oc(=O)n3C)CC1. The van der Waals surface area contributed by atoms with Crippen molar-refractivity contribution in [2.24, 2.45) is 7.05 Å². The Balaban J connectivity index is 1.82. The van der Waals surface area contributed by atoms with Crippen molar-refractivity contribution in [2.75, 3.05) is 26.2 Å². The molecule has 2 heterocycles. The van der Waals surface area contributed by atoms with Gasteiger partial charge in [-0.05, 0) is 24.6 Å². The minimum atomic E-state index is -0.448. The first kappa shape index (κ1) is 15.3. The molecule has 0 spiro atoms. The summed E-state index contributed by atoms with van der Waals surface area (Å²) in [5.74, 6) is -0.521. The molecule has 1 aliphatic heterocycles. The Kier molecular flexibility index (Phi) is 3.94. The first-order valence-electron chi connectivity index (χ1n) is 7.62. The summed E-state index contributed by atoms with van der Waals surface area (Å²) in [5, 5.41) is 0. The Hall–Kier alpha value is -2.57. The first-order valence-corrected chi connectivity index (χ1v) is 7.62. The molecule has 1 aliphatic rings. The van der Waals surface area contributed by atoms with Crippen LogP contribution in [-0.4, -0.2) is 52.4 Å². The highest BCUT2D eigenvalue weighted by Gasteiger charge is 2.22. The second-order valence-corrected chi connectivity index (χ2v) is 5.76. The smallest absolute Gasteiger partial charge is 0.408 e. The molecule has 0 saturated carbocycles. The number of nitrogens with zero attached hydrogens (tertiary/aromatic N) is 3. The monoisotopic (exact) mass is 317 g/mol. The van der Waals surface area contributed by atoms with Crippen LogP contribution < -0.4 is 5.76 Å². The quantitative estimate of drug-likeness (QED) is 0.780. The van der Waals surface area contributed by atoms with Gasteiger partial charge in [-0.25, -0.2) is 4.79 Å². The lowest BCUT2D eigenvalue weighted by molar-refractivity contribution is -0.128. The number of aryl methyl sites for hydroxylation is 1. The van der Waals surface area contributed by atoms with Crippen molar-refractivity contribution in [1.82, 2.24) is 14.4 Å². The van der Waals surface area contributed by atoms with Gasteiger partial charge in [-0.1, -0.05) is 0 Å². The van der Waals surface area contributed by atoms with Gasteiger partial charge in [-0.15, -0.1) is 0 Å². The number of carbonyl (C=O) groups excluding carboxylic acids is 2. The molecule has 1 aromatic carbocycles. The van der Waals surface area contributed by atoms with Gasteiger partial charge in [0, 0.05) is 45.7 Å². The van der Waals surface area contributed by atoms with Crippen molar-refractivity contribution in [3.05, 3.63) is 34.3 Å². The number of carbonyl (C=O) groups is 2. The van der Waals surface area contributed by atoms with Crippen LogP contribution in [0.3, 0.4) is 0 Å². The van der Waals surface area contributed by atoms with Crippen LogP contribution in [0.25, 0.3) is 11.1 Å². The minimum Gasteiger partial charge on any atom is -0.408 e. The normalized spacial score (nSPS) is 15.7. The van der Waals surface area contributed by atoms with Gasteiger partial charge in [0.15, 0.2) is 5.58 Å². The molecular weight excluding hydrogens is 298 g/mol. The van der Waals surface area contributed by atoms with E-state index in [4.69, 9.17) is 4.42 Å². The maximum atomic E-state index is 12.7. The Morgan fingerprint density at radius 1 is 1.09 bits per heavy atom. The lowest BCUT2D eigenvalue weighted by atomic mass is 10.1. The number of amides is 2. The van der Waals surface area contributed by atoms with Gasteiger partial charge in [-0.3, -0.25) is 14.2 Å². The highest BCUT2D eigenvalue weighted by atomic mass is 16.4. The molecule has 7 nitrogen and oxygen atoms in total. The molecule has 7 heteroatoms. The Labute approximate surface area is 133 Å². The molecule has 23 heavy (non-hydrogen) atoms. The molecule has 1 fully saturated rings. The molecule has 2 aromatic rings. The molecular formula is C16H19N3O4. The van der Waals surface area contributed by atoms with Crippen LogP contribution in [0, 0.1) is 0 Å². The summed E-state index contributed by atoms with van der Waals surface area (Å²) >= 11 is 0. The second kappa shape index (κ2) is 5.91. The summed E-state index contributed by atoms with van der Waals surface area (Å²) in [5.41, 5.74) is 1.55. The van der Waals surface area contributed by atoms with Crippen molar-refractivity contribution in [2.45, 2.75) is 13.3 Å². The average Bonchev–Trinajstić information content (AvgIpc) is 2.72. The van der Waals surface area contributed by atoms with E-state index in [-0.39, 0.29) is 11.8 Å². The van der Waals surface area contributed by atoms with E-state index < -0.39 is 5.76 Å². The molecule has 1 saturated heterocycles. The molecule has 122 valence electrons. The Morgan fingerprint density at radius 2 is 1.78 bits per heavy atom. The van der Waals surface area contributed by atoms with Crippen molar-refractivity contribution >= 4 is 22.9 Å². The van der Waals surface area contributed by atoms with Crippen molar-refractivity contribution in [3.63, 3.8) is 0 Å². The minimum absolute atomic E-state index is 0.0341. The van der Waals surface area contributed by atoms with E-state index in [1.165, 1.54) is 4.57 Å². The number of rotatable bonds is 1. The first-order chi connectivity index (χ1) is 11.0. The fraction of sp³-hybridized carbons (Fsp3) is 0.438. The summed E-state index contributed by atoms with van der Waals surface area (Å²) in [6, 6.07) is 5.02. The summed E-state index contributed by atoms with van der Waals surface area (Å²) in [4.78, 5) is 39.1. The third-order valence-electron chi connectivity index (χ3n) is 4.27. The van der Waals surface area contributed by atoms with E-state index >= 15 is 0 Å². The lowest BCUT2D eigenvalue weighted by Gasteiger charge is -2.21. The third-order valence-corrected chi connectivity index (χ3v) is 4.27. The van der Waals surface area contributed by atoms with Crippen molar-refractivity contribution < 1.29 is 14.0 Å². The Bertz CT molecular complexity index is 820. The molecule has 0 aliphatic carbocycles. The average molecular weight is 317 g/mol. The summed E-state index contributed by atoms with van der Waals surface area (Å²) in [6.45, 7) is 3.88. The lowest BCUT2D eigenvalue weighted by Crippen LogP contribution is -2.36. The van der Waals surface area contributed by atoms with Crippen LogP contribution in [0.2, 0.25) is 0 Å². The number of fused-ring (bicyclic) bond motifs is 1. The van der Waals surface area contributed by atoms with E-state index in [1.54, 1.807) is 42.0 Å². The summed E-state index contributed by atoms with van der Waals surface area (Å²) in [6.07, 6.45) is 0.758. The van der Waals surface area contributed by atoms with Crippen LogP contribution >= 0.6 is 0 Å². The molecule has 3 rings (SSSR count). The molecule has 1 aromatic heterocycles. The predicted molar refractivity (Wildman–Crippen MR) is 84.2 cm³/mol. The Morgan fingerprint density at radius 3 is 2.52 bits per heavy atom. The predicted octanol–water partition coefficient (Wildman–Crippen LogP) is 0.826. The topological polar surface area (TPSA) is 75.8 Å². The fourth-order valence-corrected chi connectivity index (χ4v) is 2.88. The molecule has 0 radical (unpaired) electrons. The van der Waals surface area contributed by atoms with Gasteiger partial charge in [0.25, 0.3) is 5.91 Å². The number of benzene rings is 1. The molecule has 2 amide bonds. The molecule has 0 N–H and O–H groups in total. The molecule has 0 bridgehead atoms. The van der Waals surface area contributed by atoms with Gasteiger partial charge >= 0.3 is 5.76 Å². The summed E-state index contributed by atoms with van der Waals surface area (Å²) < 4.78 is 6.54. The van der Waals surface area contributed by atoms with Gasteiger partial charge < -0.3 is 14.2 Å². The van der Waals surface area contributed by atoms with E-state index in [0.717, 1.165) is 6.42 Å². The number of hydrogen-bond donors (Lipinski definition) is 0. The van der Waals surface area contributed by atoms with E-state index in [1.807, 2.05) is 0 Å². The molecule has 0 atom stereocenters. The number of oxazole rings is 1. The zero-order valence-corrected chi connectivity index (χ0v) is 13.2. The van der Waals surface area contributed by atoms with Gasteiger partial charge in [0.1, 0.15) is 0 Å². The van der Waals surface area contributed by atoms with Crippen molar-refractivity contribution in [1.29, 1.82) is 0 Å². The number of aromatic nitrogens is 1. The summed E-state index contributed by atoms with van der Waals surface area (Å²) in [7, 11) is 1.63. The van der Waals surface area contributed by atoms with Crippen LogP contribution in [-0.2, 0) is 11.8 Å². The third kappa shape index (κ3) is 2.86. The maximum Gasteiger partial charge on any atom is 0.419 e. The van der Waals surface area contributed by atoms with Crippen LogP contribution in [0.15, 0.2) is 27.4 Å². The van der Waals surface area contributed by atoms with Gasteiger partial charge in [-0.2, -0.15) is 0 Å². The van der Waals surface area contributed by atoms with Gasteiger partial charge in [0.05, 0.1) is 5.52 Å². The van der Waals surface area contributed by atoms with Crippen LogP contribution in [0.5, 0.6) is 0 Å². The maximum absolute atomic E-state index is 12.7. The van der Waals surface area contributed by atoms with E-state index in [9.17, 15) is 14.4 Å². The van der Waals surface area contributed by atoms with E-state index in [0.29, 0.717) is 42.8 Å². The van der Waals surface area contributed by atoms with E-state index in [2.05, 4.69) is 0 Å². The fourth-order valence-electron chi connectivity index (χ4n) is 2.88. The zero-order chi connectivity index (χ0) is 16.6. The zero-order valence-electron chi connectivity index (χ0n) is 13.2. The van der Waals surface area contributed by atoms with Gasteiger partial charge in [0.2, 0.25) is 5.91 Å². The van der Waals surface area contributed by atoms with Crippen LogP contribution in [0.1, 0.15) is 23.7 Å². The highest BCUT2D eigenvalue weighted by Crippen LogP contribution is 2.16. The largest absolute Gasteiger partial charge is 0.419 e. The van der Waals surface area contributed by atoms with Crippen molar-refractivity contribution in [3.8, 4) is 0 Å². The highest BCUT2D eigenvalue weighted by molar-refractivity contribution is 5.97.